The average Bonchev–Trinajstić information content (AvgIpc) is 2.70. The van der Waals surface area contributed by atoms with Crippen LogP contribution < -0.4 is 4.84 Å². The van der Waals surface area contributed by atoms with Gasteiger partial charge >= 0.3 is 6.16 Å². The van der Waals surface area contributed by atoms with Crippen molar-refractivity contribution in [3.05, 3.63) is 30.1 Å². The molecule has 1 aromatic heterocycles. The lowest BCUT2D eigenvalue weighted by Gasteiger charge is -2.24. The first-order valence-electron chi connectivity index (χ1n) is 6.30. The van der Waals surface area contributed by atoms with Crippen molar-refractivity contribution in [2.45, 2.75) is 6.92 Å². The summed E-state index contributed by atoms with van der Waals surface area (Å²) >= 11 is 0. The van der Waals surface area contributed by atoms with Crippen molar-refractivity contribution < 1.29 is 14.4 Å². The minimum Gasteiger partial charge on any atom is -0.432 e. The Hall–Kier alpha value is -1.69. The summed E-state index contributed by atoms with van der Waals surface area (Å²) in [7, 11) is -0.674. The number of fused-ring (bicyclic) bond motifs is 1. The molecule has 5 nitrogen and oxygen atoms in total. The van der Waals surface area contributed by atoms with E-state index in [0.29, 0.717) is 6.61 Å². The number of rotatable bonds is 4. The zero-order valence-electron chi connectivity index (χ0n) is 12.3. The van der Waals surface area contributed by atoms with E-state index < -0.39 is 16.2 Å². The molecule has 0 unspecified atom stereocenters. The molecule has 0 saturated heterocycles. The molecule has 0 N–H and O–H groups in total. The van der Waals surface area contributed by atoms with E-state index in [-0.39, 0.29) is 0 Å². The molecule has 0 amide bonds. The molecular weight excluding hydrogens is 276 g/mol. The van der Waals surface area contributed by atoms with Gasteiger partial charge in [0.1, 0.15) is 18.5 Å². The van der Waals surface area contributed by atoms with Gasteiger partial charge in [-0.2, -0.15) is 4.73 Å². The maximum atomic E-state index is 11.6. The lowest BCUT2D eigenvalue weighted by atomic mass is 10.2. The molecule has 1 heterocycles. The zero-order chi connectivity index (χ0) is 14.8. The quantitative estimate of drug-likeness (QED) is 0.814. The van der Waals surface area contributed by atoms with Crippen LogP contribution in [0.4, 0.5) is 4.79 Å². The molecule has 2 aromatic rings. The molecule has 0 aliphatic carbocycles. The van der Waals surface area contributed by atoms with Crippen LogP contribution in [0.2, 0.25) is 0 Å². The van der Waals surface area contributed by atoms with Gasteiger partial charge in [0, 0.05) is 5.75 Å². The van der Waals surface area contributed by atoms with Crippen molar-refractivity contribution in [3.8, 4) is 0 Å². The van der Waals surface area contributed by atoms with Crippen molar-refractivity contribution in [1.82, 2.24) is 9.71 Å². The predicted molar refractivity (Wildman–Crippen MR) is 82.6 cm³/mol. The largest absolute Gasteiger partial charge is 0.533 e. The lowest BCUT2D eigenvalue weighted by Crippen LogP contribution is -2.22. The van der Waals surface area contributed by atoms with Crippen LogP contribution in [-0.2, 0) is 4.74 Å². The zero-order valence-corrected chi connectivity index (χ0v) is 13.1. The first-order chi connectivity index (χ1) is 9.35. The Morgan fingerprint density at radius 2 is 2.10 bits per heavy atom. The van der Waals surface area contributed by atoms with E-state index in [1.54, 1.807) is 0 Å². The molecule has 110 valence electrons. The minimum absolute atomic E-state index is 0.378. The molecular formula is C14H20N2O3S. The number of carbonyl (C=O) groups excluding carboxylic acids is 1. The van der Waals surface area contributed by atoms with E-state index in [0.717, 1.165) is 22.3 Å². The van der Waals surface area contributed by atoms with Crippen molar-refractivity contribution in [3.63, 3.8) is 0 Å². The van der Waals surface area contributed by atoms with Crippen molar-refractivity contribution >= 4 is 27.2 Å². The summed E-state index contributed by atoms with van der Waals surface area (Å²) in [5, 5.41) is 0. The van der Waals surface area contributed by atoms with Crippen molar-refractivity contribution in [2.24, 2.45) is 0 Å². The molecule has 0 atom stereocenters. The van der Waals surface area contributed by atoms with E-state index in [4.69, 9.17) is 9.57 Å². The molecule has 0 aliphatic heterocycles. The summed E-state index contributed by atoms with van der Waals surface area (Å²) in [4.78, 5) is 20.9. The Labute approximate surface area is 120 Å². The van der Waals surface area contributed by atoms with Crippen LogP contribution in [0.3, 0.4) is 0 Å². The third-order valence-corrected chi connectivity index (χ3v) is 4.15. The van der Waals surface area contributed by atoms with Crippen LogP contribution in [0, 0.1) is 6.92 Å². The third kappa shape index (κ3) is 3.90. The van der Waals surface area contributed by atoms with Crippen molar-refractivity contribution in [2.75, 3.05) is 31.1 Å². The molecule has 0 spiro atoms. The lowest BCUT2D eigenvalue weighted by molar-refractivity contribution is 0.0553. The second-order valence-electron chi connectivity index (χ2n) is 5.55. The number of carbonyl (C=O) groups is 1. The second-order valence-corrected chi connectivity index (χ2v) is 10.1. The highest BCUT2D eigenvalue weighted by molar-refractivity contribution is 8.32. The number of nitrogens with zero attached hydrogens (tertiary/aromatic N) is 2. The molecule has 0 saturated carbocycles. The maximum absolute atomic E-state index is 11.6. The van der Waals surface area contributed by atoms with Gasteiger partial charge in [-0.15, -0.1) is 0 Å². The maximum Gasteiger partial charge on any atom is 0.533 e. The fraction of sp³-hybridized carbons (Fsp3) is 0.429. The molecule has 0 bridgehead atoms. The summed E-state index contributed by atoms with van der Waals surface area (Å²) in [5.41, 5.74) is 2.61. The smallest absolute Gasteiger partial charge is 0.432 e. The topological polar surface area (TPSA) is 53.4 Å². The first kappa shape index (κ1) is 14.7. The highest BCUT2D eigenvalue weighted by Gasteiger charge is 2.11. The SMILES string of the molecule is Cc1ccc2ncn(OC(=O)OCCS(C)(C)C)c2c1. The molecule has 2 rings (SSSR count). The Morgan fingerprint density at radius 1 is 1.35 bits per heavy atom. The normalized spacial score (nSPS) is 12.4. The molecule has 0 fully saturated rings. The Kier molecular flexibility index (Phi) is 4.23. The molecule has 0 aliphatic rings. The van der Waals surface area contributed by atoms with E-state index in [1.807, 2.05) is 25.1 Å². The van der Waals surface area contributed by atoms with Gasteiger partial charge in [0.2, 0.25) is 0 Å². The van der Waals surface area contributed by atoms with Gasteiger partial charge in [0.05, 0.1) is 5.52 Å². The number of aromatic nitrogens is 2. The molecule has 6 heteroatoms. The Bertz CT molecular complexity index is 616. The Balaban J connectivity index is 1.98. The van der Waals surface area contributed by atoms with Gasteiger partial charge in [0.25, 0.3) is 0 Å². The van der Waals surface area contributed by atoms with Gasteiger partial charge in [-0.05, 0) is 43.4 Å². The van der Waals surface area contributed by atoms with Gasteiger partial charge in [-0.3, -0.25) is 4.84 Å². The summed E-state index contributed by atoms with van der Waals surface area (Å²) in [6, 6.07) is 5.76. The van der Waals surface area contributed by atoms with Gasteiger partial charge in [-0.1, -0.05) is 6.07 Å². The average molecular weight is 296 g/mol. The monoisotopic (exact) mass is 296 g/mol. The number of hydrogen-bond donors (Lipinski definition) is 0. The number of hydrogen-bond acceptors (Lipinski definition) is 4. The number of benzene rings is 1. The third-order valence-electron chi connectivity index (χ3n) is 2.76. The highest BCUT2D eigenvalue weighted by Crippen LogP contribution is 2.33. The predicted octanol–water partition coefficient (Wildman–Crippen LogP) is 2.60. The second kappa shape index (κ2) is 5.75. The van der Waals surface area contributed by atoms with Gasteiger partial charge in [0.15, 0.2) is 0 Å². The van der Waals surface area contributed by atoms with Crippen LogP contribution in [0.25, 0.3) is 11.0 Å². The fourth-order valence-electron chi connectivity index (χ4n) is 1.65. The summed E-state index contributed by atoms with van der Waals surface area (Å²) in [6.45, 7) is 2.35. The molecule has 1 aromatic carbocycles. The number of imidazole rings is 1. The standard InChI is InChI=1S/C14H20N2O3S/c1-11-5-6-12-13(9-11)16(10-15-12)19-14(17)18-7-8-20(2,3)4/h5-6,9-10H,7-8H2,1-4H3. The minimum atomic E-state index is -0.700. The van der Waals surface area contributed by atoms with Crippen LogP contribution in [0.15, 0.2) is 24.5 Å². The highest BCUT2D eigenvalue weighted by atomic mass is 32.3. The van der Waals surface area contributed by atoms with Gasteiger partial charge in [-0.25, -0.2) is 19.8 Å². The van der Waals surface area contributed by atoms with Crippen LogP contribution in [-0.4, -0.2) is 47.0 Å². The Morgan fingerprint density at radius 3 is 2.80 bits per heavy atom. The first-order valence-corrected chi connectivity index (χ1v) is 9.33. The summed E-state index contributed by atoms with van der Waals surface area (Å²) in [5.74, 6) is 0.867. The van der Waals surface area contributed by atoms with E-state index in [1.165, 1.54) is 11.1 Å². The van der Waals surface area contributed by atoms with Crippen LogP contribution >= 0.6 is 10.0 Å². The van der Waals surface area contributed by atoms with E-state index in [2.05, 4.69) is 23.8 Å². The van der Waals surface area contributed by atoms with Gasteiger partial charge < -0.3 is 4.74 Å². The summed E-state index contributed by atoms with van der Waals surface area (Å²) < 4.78 is 6.42. The van der Waals surface area contributed by atoms with Crippen LogP contribution in [0.5, 0.6) is 0 Å². The number of ether oxygens (including phenoxy) is 1. The molecule has 20 heavy (non-hydrogen) atoms. The van der Waals surface area contributed by atoms with E-state index in [9.17, 15) is 4.79 Å². The van der Waals surface area contributed by atoms with Crippen molar-refractivity contribution in [1.29, 1.82) is 0 Å². The number of aryl methyl sites for hydroxylation is 1. The summed E-state index contributed by atoms with van der Waals surface area (Å²) in [6.07, 6.45) is 7.30. The molecule has 0 radical (unpaired) electrons. The van der Waals surface area contributed by atoms with Crippen LogP contribution in [0.1, 0.15) is 5.56 Å². The van der Waals surface area contributed by atoms with E-state index >= 15 is 0 Å². The fourth-order valence-corrected chi connectivity index (χ4v) is 2.23.